The highest BCUT2D eigenvalue weighted by Gasteiger charge is 2.33. The van der Waals surface area contributed by atoms with E-state index in [4.69, 9.17) is 11.6 Å². The highest BCUT2D eigenvalue weighted by atomic mass is 35.5. The number of benzene rings is 3. The Morgan fingerprint density at radius 2 is 1.64 bits per heavy atom. The van der Waals surface area contributed by atoms with Gasteiger partial charge >= 0.3 is 0 Å². The van der Waals surface area contributed by atoms with E-state index < -0.39 is 28.5 Å². The number of anilines is 1. The van der Waals surface area contributed by atoms with E-state index in [0.29, 0.717) is 22.7 Å². The highest BCUT2D eigenvalue weighted by Crippen LogP contribution is 2.29. The Kier molecular flexibility index (Phi) is 9.51. The number of carbonyl (C=O) groups excluding carboxylic acids is 2. The summed E-state index contributed by atoms with van der Waals surface area (Å²) in [5.41, 5.74) is 1.11. The lowest BCUT2D eigenvalue weighted by atomic mass is 9.95. The lowest BCUT2D eigenvalue weighted by Crippen LogP contribution is -2.54. The lowest BCUT2D eigenvalue weighted by Gasteiger charge is -2.34. The number of hydrogen-bond acceptors (Lipinski definition) is 4. The largest absolute Gasteiger partial charge is 0.352 e. The molecule has 0 radical (unpaired) electrons. The number of fused-ring (bicyclic) bond motifs is 1. The van der Waals surface area contributed by atoms with Gasteiger partial charge in [-0.1, -0.05) is 92.4 Å². The van der Waals surface area contributed by atoms with Crippen LogP contribution in [0, 0.1) is 0 Å². The molecule has 208 valence electrons. The average Bonchev–Trinajstić information content (AvgIpc) is 2.92. The average molecular weight is 570 g/mol. The first-order chi connectivity index (χ1) is 18.7. The normalized spacial score (nSPS) is 15.1. The second-order valence-corrected chi connectivity index (χ2v) is 12.5. The lowest BCUT2D eigenvalue weighted by molar-refractivity contribution is -0.140. The summed E-state index contributed by atoms with van der Waals surface area (Å²) in [6.45, 7) is 1.50. The van der Waals surface area contributed by atoms with Crippen LogP contribution in [0.15, 0.2) is 66.7 Å². The molecule has 1 aliphatic carbocycles. The minimum Gasteiger partial charge on any atom is -0.352 e. The molecule has 3 aromatic rings. The number of rotatable bonds is 10. The molecule has 1 fully saturated rings. The molecular formula is C30H36ClN3O4S. The van der Waals surface area contributed by atoms with Crippen LogP contribution in [0.2, 0.25) is 5.02 Å². The minimum atomic E-state index is -3.84. The summed E-state index contributed by atoms with van der Waals surface area (Å²) in [5, 5.41) is 5.21. The third kappa shape index (κ3) is 7.11. The monoisotopic (exact) mass is 569 g/mol. The molecule has 1 aliphatic rings. The second-order valence-electron chi connectivity index (χ2n) is 10.1. The fourth-order valence-corrected chi connectivity index (χ4v) is 6.35. The van der Waals surface area contributed by atoms with Crippen molar-refractivity contribution >= 4 is 49.9 Å². The van der Waals surface area contributed by atoms with E-state index in [-0.39, 0.29) is 18.5 Å². The van der Waals surface area contributed by atoms with E-state index in [1.165, 1.54) is 4.90 Å². The molecule has 2 amide bonds. The number of carbonyl (C=O) groups is 2. The molecule has 7 nitrogen and oxygen atoms in total. The Labute approximate surface area is 236 Å². The number of hydrogen-bond donors (Lipinski definition) is 1. The third-order valence-electron chi connectivity index (χ3n) is 7.35. The standard InChI is InChI=1S/C30H36ClN3O4S/c1-3-27(30(36)32-24-15-5-4-6-16-24)33(20-23-13-8-10-18-26(23)31)29(35)21-34(39(2,37)38)28-19-11-14-22-12-7-9-17-25(22)28/h7-14,17-19,24,27H,3-6,15-16,20-21H2,1-2H3,(H,32,36). The van der Waals surface area contributed by atoms with Crippen LogP contribution in [0.4, 0.5) is 5.69 Å². The van der Waals surface area contributed by atoms with Gasteiger partial charge in [-0.3, -0.25) is 13.9 Å². The van der Waals surface area contributed by atoms with E-state index >= 15 is 0 Å². The molecule has 0 aromatic heterocycles. The van der Waals surface area contributed by atoms with E-state index in [0.717, 1.165) is 53.4 Å². The summed E-state index contributed by atoms with van der Waals surface area (Å²) in [4.78, 5) is 29.0. The summed E-state index contributed by atoms with van der Waals surface area (Å²) in [6.07, 6.45) is 6.61. The molecule has 3 aromatic carbocycles. The molecule has 1 unspecified atom stereocenters. The van der Waals surface area contributed by atoms with E-state index in [2.05, 4.69) is 5.32 Å². The van der Waals surface area contributed by atoms with Crippen molar-refractivity contribution in [1.29, 1.82) is 0 Å². The van der Waals surface area contributed by atoms with Gasteiger partial charge in [0.2, 0.25) is 21.8 Å². The molecule has 39 heavy (non-hydrogen) atoms. The summed E-state index contributed by atoms with van der Waals surface area (Å²) >= 11 is 6.45. The Morgan fingerprint density at radius 3 is 2.33 bits per heavy atom. The molecule has 0 bridgehead atoms. The highest BCUT2D eigenvalue weighted by molar-refractivity contribution is 7.92. The van der Waals surface area contributed by atoms with Gasteiger partial charge in [0.25, 0.3) is 0 Å². The Balaban J connectivity index is 1.68. The van der Waals surface area contributed by atoms with Crippen LogP contribution >= 0.6 is 11.6 Å². The molecule has 4 rings (SSSR count). The fourth-order valence-electron chi connectivity index (χ4n) is 5.29. The van der Waals surface area contributed by atoms with Crippen molar-refractivity contribution < 1.29 is 18.0 Å². The topological polar surface area (TPSA) is 86.8 Å². The fraction of sp³-hybridized carbons (Fsp3) is 0.400. The molecule has 0 heterocycles. The Bertz CT molecular complexity index is 1420. The van der Waals surface area contributed by atoms with Crippen LogP contribution in [0.3, 0.4) is 0 Å². The van der Waals surface area contributed by atoms with Gasteiger partial charge in [0.15, 0.2) is 0 Å². The van der Waals surface area contributed by atoms with Crippen LogP contribution in [-0.4, -0.2) is 50.0 Å². The van der Waals surface area contributed by atoms with Crippen molar-refractivity contribution in [3.63, 3.8) is 0 Å². The van der Waals surface area contributed by atoms with Gasteiger partial charge in [0.05, 0.1) is 11.9 Å². The van der Waals surface area contributed by atoms with Gasteiger partial charge in [0.1, 0.15) is 12.6 Å². The van der Waals surface area contributed by atoms with Gasteiger partial charge < -0.3 is 10.2 Å². The molecule has 0 spiro atoms. The molecule has 1 N–H and O–H groups in total. The van der Waals surface area contributed by atoms with Crippen molar-refractivity contribution in [3.05, 3.63) is 77.3 Å². The zero-order valence-corrected chi connectivity index (χ0v) is 24.0. The van der Waals surface area contributed by atoms with Gasteiger partial charge in [-0.2, -0.15) is 0 Å². The smallest absolute Gasteiger partial charge is 0.244 e. The molecule has 1 saturated carbocycles. The summed E-state index contributed by atoms with van der Waals surface area (Å²) < 4.78 is 27.2. The van der Waals surface area contributed by atoms with Crippen LogP contribution in [0.1, 0.15) is 51.0 Å². The van der Waals surface area contributed by atoms with Gasteiger partial charge in [-0.25, -0.2) is 8.42 Å². The van der Waals surface area contributed by atoms with Crippen LogP contribution < -0.4 is 9.62 Å². The molecule has 9 heteroatoms. The first-order valence-electron chi connectivity index (χ1n) is 13.5. The van der Waals surface area contributed by atoms with Gasteiger partial charge in [-0.15, -0.1) is 0 Å². The molecular weight excluding hydrogens is 534 g/mol. The van der Waals surface area contributed by atoms with Crippen LogP contribution in [-0.2, 0) is 26.2 Å². The van der Waals surface area contributed by atoms with E-state index in [9.17, 15) is 18.0 Å². The Morgan fingerprint density at radius 1 is 0.974 bits per heavy atom. The summed E-state index contributed by atoms with van der Waals surface area (Å²) in [7, 11) is -3.84. The van der Waals surface area contributed by atoms with Crippen molar-refractivity contribution in [3.8, 4) is 0 Å². The zero-order chi connectivity index (χ0) is 28.0. The predicted molar refractivity (Wildman–Crippen MR) is 157 cm³/mol. The molecule has 1 atom stereocenters. The van der Waals surface area contributed by atoms with Crippen LogP contribution in [0.25, 0.3) is 10.8 Å². The first-order valence-corrected chi connectivity index (χ1v) is 15.7. The van der Waals surface area contributed by atoms with Crippen molar-refractivity contribution in [2.24, 2.45) is 0 Å². The van der Waals surface area contributed by atoms with E-state index in [1.54, 1.807) is 24.3 Å². The maximum absolute atomic E-state index is 14.0. The quantitative estimate of drug-likeness (QED) is 0.348. The number of halogens is 1. The predicted octanol–water partition coefficient (Wildman–Crippen LogP) is 5.52. The second kappa shape index (κ2) is 12.8. The van der Waals surface area contributed by atoms with Gasteiger partial charge in [-0.05, 0) is 42.3 Å². The molecule has 0 aliphatic heterocycles. The first kappa shape index (κ1) is 28.9. The maximum Gasteiger partial charge on any atom is 0.244 e. The van der Waals surface area contributed by atoms with Crippen molar-refractivity contribution in [1.82, 2.24) is 10.2 Å². The number of nitrogens with one attached hydrogen (secondary N) is 1. The third-order valence-corrected chi connectivity index (χ3v) is 8.85. The SMILES string of the molecule is CCC(C(=O)NC1CCCCC1)N(Cc1ccccc1Cl)C(=O)CN(c1cccc2ccccc12)S(C)(=O)=O. The maximum atomic E-state index is 14.0. The number of nitrogens with zero attached hydrogens (tertiary/aromatic N) is 2. The minimum absolute atomic E-state index is 0.0840. The zero-order valence-electron chi connectivity index (χ0n) is 22.5. The summed E-state index contributed by atoms with van der Waals surface area (Å²) in [5.74, 6) is -0.695. The van der Waals surface area contributed by atoms with Crippen LogP contribution in [0.5, 0.6) is 0 Å². The molecule has 0 saturated heterocycles. The Hall–Kier alpha value is -3.10. The van der Waals surface area contributed by atoms with E-state index in [1.807, 2.05) is 49.4 Å². The van der Waals surface area contributed by atoms with Crippen molar-refractivity contribution in [2.75, 3.05) is 17.1 Å². The number of amides is 2. The summed E-state index contributed by atoms with van der Waals surface area (Å²) in [6, 6.07) is 19.3. The number of sulfonamides is 1. The van der Waals surface area contributed by atoms with Gasteiger partial charge in [0, 0.05) is 23.0 Å². The van der Waals surface area contributed by atoms with Crippen molar-refractivity contribution in [2.45, 2.75) is 64.1 Å².